The molecule has 2 aromatic rings. The molecule has 1 aromatic heterocycles. The number of nitrogens with one attached hydrogen (secondary N) is 2. The van der Waals surface area contributed by atoms with Gasteiger partial charge in [-0.05, 0) is 43.0 Å². The molecule has 1 aromatic carbocycles. The monoisotopic (exact) mass is 389 g/mol. The van der Waals surface area contributed by atoms with Crippen LogP contribution in [0.1, 0.15) is 41.7 Å². The lowest BCUT2D eigenvalue weighted by atomic mass is 10.1. The number of nitrogens with two attached hydrogens (primary N) is 1. The minimum absolute atomic E-state index is 0.0681. The van der Waals surface area contributed by atoms with E-state index in [0.29, 0.717) is 30.6 Å². The number of primary sulfonamides is 1. The van der Waals surface area contributed by atoms with Gasteiger partial charge in [-0.2, -0.15) is 0 Å². The second kappa shape index (κ2) is 8.45. The molecule has 0 atom stereocenters. The number of sulfonamides is 1. The first-order chi connectivity index (χ1) is 12.9. The van der Waals surface area contributed by atoms with Crippen LogP contribution in [0.3, 0.4) is 0 Å². The molecule has 27 heavy (non-hydrogen) atoms. The van der Waals surface area contributed by atoms with Crippen molar-refractivity contribution in [2.45, 2.75) is 43.0 Å². The molecule has 1 amide bonds. The molecule has 4 N–H and O–H groups in total. The van der Waals surface area contributed by atoms with Crippen molar-refractivity contribution in [2.24, 2.45) is 5.14 Å². The maximum absolute atomic E-state index is 12.3. The molecular formula is C18H23N5O3S. The molecule has 0 radical (unpaired) electrons. The van der Waals surface area contributed by atoms with Gasteiger partial charge in [-0.25, -0.2) is 23.5 Å². The Morgan fingerprint density at radius 3 is 2.52 bits per heavy atom. The third kappa shape index (κ3) is 5.48. The molecule has 144 valence electrons. The van der Waals surface area contributed by atoms with Crippen LogP contribution in [0, 0.1) is 0 Å². The summed E-state index contributed by atoms with van der Waals surface area (Å²) in [6.07, 6.45) is 6.75. The maximum Gasteiger partial charge on any atom is 0.270 e. The predicted octanol–water partition coefficient (Wildman–Crippen LogP) is 1.45. The van der Waals surface area contributed by atoms with Gasteiger partial charge in [0.25, 0.3) is 5.91 Å². The lowest BCUT2D eigenvalue weighted by Crippen LogP contribution is -2.27. The third-order valence-electron chi connectivity index (χ3n) is 4.53. The summed E-state index contributed by atoms with van der Waals surface area (Å²) in [4.78, 5) is 20.8. The topological polar surface area (TPSA) is 127 Å². The molecule has 0 bridgehead atoms. The quantitative estimate of drug-likeness (QED) is 0.658. The van der Waals surface area contributed by atoms with Crippen molar-refractivity contribution in [3.63, 3.8) is 0 Å². The van der Waals surface area contributed by atoms with E-state index < -0.39 is 10.0 Å². The standard InChI is InChI=1S/C18H23N5O3S/c19-27(25,26)15-7-5-13(6-8-15)9-11-20-17(24)16-10-12-21-18(23-16)22-14-3-1-2-4-14/h5-8,10,12,14H,1-4,9,11H2,(H,20,24)(H2,19,25,26)(H,21,22,23). The molecular weight excluding hydrogens is 366 g/mol. The van der Waals surface area contributed by atoms with Crippen molar-refractivity contribution < 1.29 is 13.2 Å². The van der Waals surface area contributed by atoms with Crippen LogP contribution in [0.15, 0.2) is 41.4 Å². The van der Waals surface area contributed by atoms with Gasteiger partial charge in [-0.15, -0.1) is 0 Å². The van der Waals surface area contributed by atoms with Gasteiger partial charge in [0.05, 0.1) is 4.90 Å². The van der Waals surface area contributed by atoms with Gasteiger partial charge in [-0.3, -0.25) is 4.79 Å². The Morgan fingerprint density at radius 2 is 1.85 bits per heavy atom. The van der Waals surface area contributed by atoms with Crippen molar-refractivity contribution in [3.05, 3.63) is 47.8 Å². The zero-order valence-electron chi connectivity index (χ0n) is 14.9. The number of carbonyl (C=O) groups is 1. The molecule has 1 fully saturated rings. The summed E-state index contributed by atoms with van der Waals surface area (Å²) in [7, 11) is -3.69. The van der Waals surface area contributed by atoms with E-state index in [1.54, 1.807) is 24.4 Å². The van der Waals surface area contributed by atoms with E-state index in [1.807, 2.05) is 0 Å². The van der Waals surface area contributed by atoms with Gasteiger partial charge in [0.15, 0.2) is 0 Å². The van der Waals surface area contributed by atoms with Crippen molar-refractivity contribution in [1.29, 1.82) is 0 Å². The van der Waals surface area contributed by atoms with E-state index in [4.69, 9.17) is 5.14 Å². The molecule has 8 nitrogen and oxygen atoms in total. The van der Waals surface area contributed by atoms with Crippen LogP contribution in [0.5, 0.6) is 0 Å². The first-order valence-corrected chi connectivity index (χ1v) is 10.5. The number of nitrogens with zero attached hydrogens (tertiary/aromatic N) is 2. The van der Waals surface area contributed by atoms with Crippen LogP contribution < -0.4 is 15.8 Å². The number of aromatic nitrogens is 2. The van der Waals surface area contributed by atoms with E-state index in [9.17, 15) is 13.2 Å². The van der Waals surface area contributed by atoms with Gasteiger partial charge in [-0.1, -0.05) is 25.0 Å². The zero-order valence-corrected chi connectivity index (χ0v) is 15.7. The van der Waals surface area contributed by atoms with Crippen molar-refractivity contribution in [2.75, 3.05) is 11.9 Å². The Balaban J connectivity index is 1.51. The Labute approximate surface area is 158 Å². The van der Waals surface area contributed by atoms with Crippen LogP contribution in [0.25, 0.3) is 0 Å². The van der Waals surface area contributed by atoms with Crippen LogP contribution in [-0.4, -0.2) is 36.9 Å². The summed E-state index contributed by atoms with van der Waals surface area (Å²) in [5.74, 6) is 0.209. The molecule has 0 spiro atoms. The highest BCUT2D eigenvalue weighted by Crippen LogP contribution is 2.20. The van der Waals surface area contributed by atoms with E-state index in [1.165, 1.54) is 25.0 Å². The third-order valence-corrected chi connectivity index (χ3v) is 5.46. The fraction of sp³-hybridized carbons (Fsp3) is 0.389. The molecule has 0 aliphatic heterocycles. The summed E-state index contributed by atoms with van der Waals surface area (Å²) >= 11 is 0. The van der Waals surface area contributed by atoms with Crippen LogP contribution in [-0.2, 0) is 16.4 Å². The predicted molar refractivity (Wildman–Crippen MR) is 102 cm³/mol. The molecule has 9 heteroatoms. The summed E-state index contributed by atoms with van der Waals surface area (Å²) < 4.78 is 22.5. The van der Waals surface area contributed by atoms with Crippen LogP contribution in [0.4, 0.5) is 5.95 Å². The SMILES string of the molecule is NS(=O)(=O)c1ccc(CCNC(=O)c2ccnc(NC3CCCC3)n2)cc1. The number of amides is 1. The van der Waals surface area contributed by atoms with Gasteiger partial charge in [0.2, 0.25) is 16.0 Å². The highest BCUT2D eigenvalue weighted by atomic mass is 32.2. The number of anilines is 1. The number of rotatable bonds is 7. The van der Waals surface area contributed by atoms with Gasteiger partial charge >= 0.3 is 0 Å². The minimum atomic E-state index is -3.69. The Hall–Kier alpha value is -2.52. The minimum Gasteiger partial charge on any atom is -0.351 e. The van der Waals surface area contributed by atoms with Gasteiger partial charge in [0, 0.05) is 18.8 Å². The van der Waals surface area contributed by atoms with E-state index >= 15 is 0 Å². The lowest BCUT2D eigenvalue weighted by Gasteiger charge is -2.12. The Kier molecular flexibility index (Phi) is 6.02. The maximum atomic E-state index is 12.3. The first-order valence-electron chi connectivity index (χ1n) is 8.91. The van der Waals surface area contributed by atoms with Crippen molar-refractivity contribution in [3.8, 4) is 0 Å². The molecule has 1 aliphatic carbocycles. The second-order valence-corrected chi connectivity index (χ2v) is 8.15. The summed E-state index contributed by atoms with van der Waals surface area (Å²) in [6.45, 7) is 0.406. The van der Waals surface area contributed by atoms with E-state index in [2.05, 4.69) is 20.6 Å². The Bertz CT molecular complexity index is 893. The first kappa shape index (κ1) is 19.2. The van der Waals surface area contributed by atoms with Crippen molar-refractivity contribution >= 4 is 21.9 Å². The summed E-state index contributed by atoms with van der Waals surface area (Å²) in [6, 6.07) is 8.23. The fourth-order valence-electron chi connectivity index (χ4n) is 3.06. The molecule has 1 heterocycles. The largest absolute Gasteiger partial charge is 0.351 e. The Morgan fingerprint density at radius 1 is 1.15 bits per heavy atom. The van der Waals surface area contributed by atoms with Crippen LogP contribution in [0.2, 0.25) is 0 Å². The summed E-state index contributed by atoms with van der Waals surface area (Å²) in [5.41, 5.74) is 1.21. The highest BCUT2D eigenvalue weighted by molar-refractivity contribution is 7.89. The number of benzene rings is 1. The summed E-state index contributed by atoms with van der Waals surface area (Å²) in [5, 5.41) is 11.2. The van der Waals surface area contributed by atoms with Crippen LogP contribution >= 0.6 is 0 Å². The highest BCUT2D eigenvalue weighted by Gasteiger charge is 2.16. The van der Waals surface area contributed by atoms with E-state index in [-0.39, 0.29) is 10.8 Å². The molecule has 0 unspecified atom stereocenters. The molecule has 1 saturated carbocycles. The number of hydrogen-bond acceptors (Lipinski definition) is 6. The molecule has 1 aliphatic rings. The van der Waals surface area contributed by atoms with Crippen molar-refractivity contribution in [1.82, 2.24) is 15.3 Å². The smallest absolute Gasteiger partial charge is 0.270 e. The number of hydrogen-bond donors (Lipinski definition) is 3. The lowest BCUT2D eigenvalue weighted by molar-refractivity contribution is 0.0949. The average molecular weight is 389 g/mol. The molecule has 3 rings (SSSR count). The second-order valence-electron chi connectivity index (χ2n) is 6.59. The van der Waals surface area contributed by atoms with Gasteiger partial charge < -0.3 is 10.6 Å². The molecule has 0 saturated heterocycles. The normalized spacial score (nSPS) is 14.9. The number of carbonyl (C=O) groups excluding carboxylic acids is 1. The zero-order chi connectivity index (χ0) is 19.3. The fourth-order valence-corrected chi connectivity index (χ4v) is 3.58. The van der Waals surface area contributed by atoms with Gasteiger partial charge in [0.1, 0.15) is 5.69 Å². The van der Waals surface area contributed by atoms with E-state index in [0.717, 1.165) is 18.4 Å². The average Bonchev–Trinajstić information content (AvgIpc) is 3.14.